The molecule has 0 amide bonds. The van der Waals surface area contributed by atoms with Crippen molar-refractivity contribution in [2.45, 2.75) is 96.3 Å². The van der Waals surface area contributed by atoms with Crippen LogP contribution < -0.4 is 0 Å². The first kappa shape index (κ1) is 26.0. The summed E-state index contributed by atoms with van der Waals surface area (Å²) in [5.74, 6) is -3.99. The van der Waals surface area contributed by atoms with Crippen LogP contribution >= 0.6 is 0 Å². The van der Waals surface area contributed by atoms with Gasteiger partial charge in [0, 0.05) is 0 Å². The molecular weight excluding hydrogens is 512 g/mol. The number of hydrogen-bond acceptors (Lipinski definition) is 4. The van der Waals surface area contributed by atoms with Gasteiger partial charge >= 0.3 is 23.9 Å². The molecule has 0 saturated heterocycles. The molecule has 1 aromatic rings. The smallest absolute Gasteiger partial charge is 0.336 e. The molecule has 0 heterocycles. The van der Waals surface area contributed by atoms with E-state index in [0.29, 0.717) is 37.0 Å². The highest BCUT2D eigenvalue weighted by molar-refractivity contribution is 6.11. The zero-order valence-corrected chi connectivity index (χ0v) is 23.2. The summed E-state index contributed by atoms with van der Waals surface area (Å²) in [4.78, 5) is 50.5. The second kappa shape index (κ2) is 7.68. The summed E-state index contributed by atoms with van der Waals surface area (Å²) >= 11 is 0. The Hall–Kier alpha value is -2.90. The lowest BCUT2D eigenvalue weighted by molar-refractivity contribution is -0.246. The molecule has 8 heteroatoms. The first-order valence-electron chi connectivity index (χ1n) is 14.8. The second-order valence-corrected chi connectivity index (χ2v) is 15.8. The van der Waals surface area contributed by atoms with Crippen molar-refractivity contribution in [2.24, 2.45) is 39.4 Å². The van der Waals surface area contributed by atoms with Crippen LogP contribution in [0.25, 0.3) is 0 Å². The molecule has 214 valence electrons. The quantitative estimate of drug-likeness (QED) is 0.322. The number of carboxylic acids is 4. The first-order chi connectivity index (χ1) is 18.6. The predicted octanol–water partition coefficient (Wildman–Crippen LogP) is 6.31. The van der Waals surface area contributed by atoms with Crippen molar-refractivity contribution in [1.29, 1.82) is 0 Å². The standard InChI is InChI=1S/C32H38O8/c1-28-10-29(2)12-30(11-28,15-32(13-28,14-29)31-7-16-3-17(8-31)5-18(4-16)9-31)23-21(26(37)38)19(24(33)34)6-20(25(35)36)22(23)27(39)40/h6,16-18H,3-5,7-15H2,1-2H3,(H,33,34)(H,35,36)(H,37,38)(H,39,40). The van der Waals surface area contributed by atoms with E-state index in [4.69, 9.17) is 0 Å². The first-order valence-corrected chi connectivity index (χ1v) is 14.8. The van der Waals surface area contributed by atoms with Gasteiger partial charge in [-0.15, -0.1) is 0 Å². The Labute approximate surface area is 233 Å². The Balaban J connectivity index is 1.52. The van der Waals surface area contributed by atoms with Gasteiger partial charge in [0.05, 0.1) is 22.3 Å². The average molecular weight is 551 g/mol. The summed E-state index contributed by atoms with van der Waals surface area (Å²) in [6.07, 6.45) is 12.1. The molecule has 9 rings (SSSR count). The third kappa shape index (κ3) is 3.31. The second-order valence-electron chi connectivity index (χ2n) is 15.8. The van der Waals surface area contributed by atoms with E-state index in [0.717, 1.165) is 25.3 Å². The van der Waals surface area contributed by atoms with Gasteiger partial charge in [-0.1, -0.05) is 13.8 Å². The normalized spacial score (nSPS) is 44.1. The summed E-state index contributed by atoms with van der Waals surface area (Å²) in [5.41, 5.74) is -3.62. The summed E-state index contributed by atoms with van der Waals surface area (Å²) in [6, 6.07) is 0.736. The molecule has 2 unspecified atom stereocenters. The van der Waals surface area contributed by atoms with E-state index in [2.05, 4.69) is 13.8 Å². The molecule has 40 heavy (non-hydrogen) atoms. The van der Waals surface area contributed by atoms with Crippen molar-refractivity contribution < 1.29 is 39.6 Å². The van der Waals surface area contributed by atoms with E-state index in [1.54, 1.807) is 0 Å². The van der Waals surface area contributed by atoms with Crippen molar-refractivity contribution >= 4 is 23.9 Å². The predicted molar refractivity (Wildman–Crippen MR) is 143 cm³/mol. The van der Waals surface area contributed by atoms with Crippen LogP contribution in [0.4, 0.5) is 0 Å². The SMILES string of the molecule is CC12CC3(C)CC(c4c(C(=O)O)c(C(=O)O)cc(C(=O)O)c4C(=O)O)(C1)CC(C14CC5CC(CC(C5)C1)C4)(C2)C3. The highest BCUT2D eigenvalue weighted by atomic mass is 16.4. The van der Waals surface area contributed by atoms with Crippen LogP contribution in [0.15, 0.2) is 6.07 Å². The average Bonchev–Trinajstić information content (AvgIpc) is 2.79. The largest absolute Gasteiger partial charge is 0.478 e. The number of hydrogen-bond donors (Lipinski definition) is 4. The molecule has 0 aliphatic heterocycles. The van der Waals surface area contributed by atoms with Crippen LogP contribution in [0, 0.1) is 39.4 Å². The maximum atomic E-state index is 12.9. The van der Waals surface area contributed by atoms with E-state index in [1.807, 2.05) is 0 Å². The minimum absolute atomic E-state index is 0.0459. The number of rotatable bonds is 6. The molecule has 8 aliphatic rings. The maximum absolute atomic E-state index is 12.9. The van der Waals surface area contributed by atoms with E-state index < -0.39 is 51.5 Å². The summed E-state index contributed by atoms with van der Waals surface area (Å²) in [6.45, 7) is 4.51. The summed E-state index contributed by atoms with van der Waals surface area (Å²) < 4.78 is 0. The number of carbonyl (C=O) groups is 4. The fourth-order valence-electron chi connectivity index (χ4n) is 13.3. The van der Waals surface area contributed by atoms with Crippen LogP contribution in [0.3, 0.4) is 0 Å². The molecule has 8 aliphatic carbocycles. The Kier molecular flexibility index (Phi) is 5.00. The Bertz CT molecular complexity index is 1300. The van der Waals surface area contributed by atoms with Gasteiger partial charge in [-0.2, -0.15) is 0 Å². The van der Waals surface area contributed by atoms with Gasteiger partial charge in [-0.3, -0.25) is 0 Å². The van der Waals surface area contributed by atoms with Crippen molar-refractivity contribution in [1.82, 2.24) is 0 Å². The van der Waals surface area contributed by atoms with Crippen molar-refractivity contribution in [3.8, 4) is 0 Å². The van der Waals surface area contributed by atoms with Crippen LogP contribution in [0.1, 0.15) is 138 Å². The van der Waals surface area contributed by atoms with Gasteiger partial charge in [0.25, 0.3) is 0 Å². The number of carboxylic acid groups (broad SMARTS) is 4. The van der Waals surface area contributed by atoms with Crippen LogP contribution in [0.2, 0.25) is 0 Å². The molecule has 8 bridgehead atoms. The molecule has 8 nitrogen and oxygen atoms in total. The molecule has 0 spiro atoms. The number of benzene rings is 1. The molecule has 4 N–H and O–H groups in total. The highest BCUT2D eigenvalue weighted by Gasteiger charge is 2.73. The van der Waals surface area contributed by atoms with Crippen molar-refractivity contribution in [2.75, 3.05) is 0 Å². The fourth-order valence-corrected chi connectivity index (χ4v) is 13.3. The van der Waals surface area contributed by atoms with Crippen LogP contribution in [-0.2, 0) is 5.41 Å². The lowest BCUT2D eigenvalue weighted by Crippen LogP contribution is -2.68. The minimum Gasteiger partial charge on any atom is -0.478 e. The molecule has 0 aromatic heterocycles. The zero-order chi connectivity index (χ0) is 28.6. The van der Waals surface area contributed by atoms with Crippen molar-refractivity contribution in [3.05, 3.63) is 33.9 Å². The summed E-state index contributed by atoms with van der Waals surface area (Å²) in [7, 11) is 0. The third-order valence-electron chi connectivity index (χ3n) is 12.5. The molecule has 2 atom stereocenters. The van der Waals surface area contributed by atoms with E-state index >= 15 is 0 Å². The topological polar surface area (TPSA) is 149 Å². The highest BCUT2D eigenvalue weighted by Crippen LogP contribution is 2.81. The Morgan fingerprint density at radius 1 is 0.600 bits per heavy atom. The van der Waals surface area contributed by atoms with Crippen LogP contribution in [-0.4, -0.2) is 44.3 Å². The zero-order valence-electron chi connectivity index (χ0n) is 23.2. The monoisotopic (exact) mass is 550 g/mol. The Morgan fingerprint density at radius 3 is 1.40 bits per heavy atom. The van der Waals surface area contributed by atoms with E-state index in [9.17, 15) is 39.6 Å². The molecular formula is C32H38O8. The molecule has 0 radical (unpaired) electrons. The summed E-state index contributed by atoms with van der Waals surface area (Å²) in [5, 5.41) is 41.0. The Morgan fingerprint density at radius 2 is 1.02 bits per heavy atom. The van der Waals surface area contributed by atoms with Crippen molar-refractivity contribution in [3.63, 3.8) is 0 Å². The van der Waals surface area contributed by atoms with E-state index in [-0.39, 0.29) is 27.2 Å². The maximum Gasteiger partial charge on any atom is 0.336 e. The van der Waals surface area contributed by atoms with Gasteiger partial charge in [0.1, 0.15) is 0 Å². The van der Waals surface area contributed by atoms with E-state index in [1.165, 1.54) is 38.5 Å². The molecule has 1 aromatic carbocycles. The van der Waals surface area contributed by atoms with Gasteiger partial charge in [0.2, 0.25) is 0 Å². The minimum atomic E-state index is -1.56. The molecule has 8 fully saturated rings. The number of aromatic carboxylic acids is 4. The molecule has 8 saturated carbocycles. The van der Waals surface area contributed by atoms with Gasteiger partial charge in [-0.05, 0) is 134 Å². The van der Waals surface area contributed by atoms with Gasteiger partial charge < -0.3 is 20.4 Å². The fraction of sp³-hybridized carbons (Fsp3) is 0.688. The third-order valence-corrected chi connectivity index (χ3v) is 12.5. The van der Waals surface area contributed by atoms with Gasteiger partial charge in [-0.25, -0.2) is 19.2 Å². The lowest BCUT2D eigenvalue weighted by Gasteiger charge is -2.76. The lowest BCUT2D eigenvalue weighted by atomic mass is 9.28. The van der Waals surface area contributed by atoms with Gasteiger partial charge in [0.15, 0.2) is 0 Å². The van der Waals surface area contributed by atoms with Crippen LogP contribution in [0.5, 0.6) is 0 Å².